The van der Waals surface area contributed by atoms with E-state index in [0.717, 1.165) is 50.4 Å². The topological polar surface area (TPSA) is 43.3 Å². The van der Waals surface area contributed by atoms with Crippen molar-refractivity contribution in [1.29, 1.82) is 0 Å². The summed E-state index contributed by atoms with van der Waals surface area (Å²) in [5, 5.41) is 3.61. The fourth-order valence-electron chi connectivity index (χ4n) is 3.75. The summed E-state index contributed by atoms with van der Waals surface area (Å²) in [7, 11) is 7.96. The lowest BCUT2D eigenvalue weighted by Gasteiger charge is -2.38. The molecule has 1 N–H and O–H groups in total. The van der Waals surface area contributed by atoms with Gasteiger partial charge in [-0.15, -0.1) is 0 Å². The van der Waals surface area contributed by atoms with Crippen LogP contribution < -0.4 is 15.0 Å². The molecular weight excluding hydrogens is 326 g/mol. The summed E-state index contributed by atoms with van der Waals surface area (Å²) < 4.78 is 5.25. The molecular formula is C20H33N5O. The maximum absolute atomic E-state index is 5.25. The third-order valence-corrected chi connectivity index (χ3v) is 5.53. The Kier molecular flexibility index (Phi) is 6.25. The molecule has 1 saturated carbocycles. The number of aliphatic imine (C=N–C) groups is 1. The molecule has 1 aliphatic carbocycles. The van der Waals surface area contributed by atoms with Gasteiger partial charge in [-0.1, -0.05) is 0 Å². The van der Waals surface area contributed by atoms with E-state index in [1.807, 2.05) is 19.2 Å². The average molecular weight is 360 g/mol. The minimum atomic E-state index is 0.604. The second-order valence-corrected chi connectivity index (χ2v) is 7.47. The van der Waals surface area contributed by atoms with Gasteiger partial charge in [0.25, 0.3) is 0 Å². The Balaban J connectivity index is 1.50. The van der Waals surface area contributed by atoms with Crippen LogP contribution in [0.3, 0.4) is 0 Å². The molecule has 0 amide bonds. The number of ether oxygens (including phenoxy) is 1. The zero-order valence-corrected chi connectivity index (χ0v) is 16.6. The van der Waals surface area contributed by atoms with Gasteiger partial charge in [0, 0.05) is 51.5 Å². The molecule has 1 unspecified atom stereocenters. The minimum absolute atomic E-state index is 0.604. The van der Waals surface area contributed by atoms with Crippen molar-refractivity contribution < 1.29 is 4.74 Å². The first-order valence-electron chi connectivity index (χ1n) is 9.63. The minimum Gasteiger partial charge on any atom is -0.497 e. The highest BCUT2D eigenvalue weighted by molar-refractivity contribution is 5.80. The number of nitrogens with zero attached hydrogens (tertiary/aromatic N) is 4. The summed E-state index contributed by atoms with van der Waals surface area (Å²) in [4.78, 5) is 11.7. The van der Waals surface area contributed by atoms with Crippen LogP contribution >= 0.6 is 0 Å². The highest BCUT2D eigenvalue weighted by Gasteiger charge is 2.32. The maximum atomic E-state index is 5.25. The number of hydrogen-bond donors (Lipinski definition) is 1. The Morgan fingerprint density at radius 1 is 1.19 bits per heavy atom. The molecule has 1 atom stereocenters. The fraction of sp³-hybridized carbons (Fsp3) is 0.650. The van der Waals surface area contributed by atoms with E-state index >= 15 is 0 Å². The average Bonchev–Trinajstić information content (AvgIpc) is 3.50. The number of anilines is 1. The van der Waals surface area contributed by atoms with Crippen LogP contribution in [-0.2, 0) is 0 Å². The monoisotopic (exact) mass is 359 g/mol. The third-order valence-electron chi connectivity index (χ3n) is 5.53. The van der Waals surface area contributed by atoms with E-state index in [1.54, 1.807) is 7.11 Å². The van der Waals surface area contributed by atoms with Crippen molar-refractivity contribution in [1.82, 2.24) is 15.1 Å². The Morgan fingerprint density at radius 3 is 2.35 bits per heavy atom. The molecule has 0 radical (unpaired) electrons. The molecule has 144 valence electrons. The van der Waals surface area contributed by atoms with Gasteiger partial charge in [-0.2, -0.15) is 0 Å². The van der Waals surface area contributed by atoms with E-state index in [2.05, 4.69) is 51.2 Å². The summed E-state index contributed by atoms with van der Waals surface area (Å²) in [6, 6.07) is 8.94. The van der Waals surface area contributed by atoms with Gasteiger partial charge in [0.05, 0.1) is 7.11 Å². The largest absolute Gasteiger partial charge is 0.497 e. The van der Waals surface area contributed by atoms with Crippen molar-refractivity contribution in [3.05, 3.63) is 24.3 Å². The Labute approximate surface area is 157 Å². The molecule has 1 aliphatic heterocycles. The summed E-state index contributed by atoms with van der Waals surface area (Å²) in [5.41, 5.74) is 1.26. The first-order valence-corrected chi connectivity index (χ1v) is 9.63. The Hall–Kier alpha value is -1.95. The van der Waals surface area contributed by atoms with Crippen molar-refractivity contribution in [3.63, 3.8) is 0 Å². The van der Waals surface area contributed by atoms with E-state index < -0.39 is 0 Å². The SMILES string of the molecule is CN=C(NCC(C1CC1)N(C)C)N1CCN(c2ccc(OC)cc2)CC1. The van der Waals surface area contributed by atoms with Gasteiger partial charge in [-0.3, -0.25) is 4.99 Å². The molecule has 1 aromatic carbocycles. The van der Waals surface area contributed by atoms with Crippen LogP contribution in [0.4, 0.5) is 5.69 Å². The molecule has 0 bridgehead atoms. The molecule has 6 heteroatoms. The number of likely N-dealkylation sites (N-methyl/N-ethyl adjacent to an activating group) is 1. The van der Waals surface area contributed by atoms with Gasteiger partial charge in [0.15, 0.2) is 5.96 Å². The molecule has 0 spiro atoms. The number of rotatable bonds is 6. The maximum Gasteiger partial charge on any atom is 0.193 e. The number of guanidine groups is 1. The van der Waals surface area contributed by atoms with Gasteiger partial charge < -0.3 is 24.8 Å². The smallest absolute Gasteiger partial charge is 0.193 e. The van der Waals surface area contributed by atoms with Crippen LogP contribution in [0.1, 0.15) is 12.8 Å². The molecule has 1 aromatic rings. The van der Waals surface area contributed by atoms with Crippen molar-refractivity contribution >= 4 is 11.6 Å². The van der Waals surface area contributed by atoms with E-state index in [9.17, 15) is 0 Å². The van der Waals surface area contributed by atoms with Gasteiger partial charge in [0.2, 0.25) is 0 Å². The Morgan fingerprint density at radius 2 is 1.85 bits per heavy atom. The summed E-state index contributed by atoms with van der Waals surface area (Å²) in [6.07, 6.45) is 2.73. The standard InChI is InChI=1S/C20H33N5O/c1-21-20(22-15-19(23(2)3)16-5-6-16)25-13-11-24(12-14-25)17-7-9-18(26-4)10-8-17/h7-10,16,19H,5-6,11-15H2,1-4H3,(H,21,22). The first-order chi connectivity index (χ1) is 12.6. The van der Waals surface area contributed by atoms with E-state index in [1.165, 1.54) is 18.5 Å². The lowest BCUT2D eigenvalue weighted by atomic mass is 10.1. The highest BCUT2D eigenvalue weighted by Crippen LogP contribution is 2.34. The van der Waals surface area contributed by atoms with E-state index in [-0.39, 0.29) is 0 Å². The van der Waals surface area contributed by atoms with Crippen LogP contribution in [0, 0.1) is 5.92 Å². The molecule has 1 saturated heterocycles. The zero-order valence-electron chi connectivity index (χ0n) is 16.6. The number of methoxy groups -OCH3 is 1. The molecule has 2 aliphatic rings. The van der Waals surface area contributed by atoms with Crippen molar-refractivity contribution in [2.24, 2.45) is 10.9 Å². The van der Waals surface area contributed by atoms with Gasteiger partial charge >= 0.3 is 0 Å². The quantitative estimate of drug-likeness (QED) is 0.619. The molecule has 26 heavy (non-hydrogen) atoms. The zero-order chi connectivity index (χ0) is 18.5. The predicted octanol–water partition coefficient (Wildman–Crippen LogP) is 1.73. The number of piperazine rings is 1. The summed E-state index contributed by atoms with van der Waals surface area (Å²) >= 11 is 0. The summed E-state index contributed by atoms with van der Waals surface area (Å²) in [5.74, 6) is 2.79. The van der Waals surface area contributed by atoms with Crippen molar-refractivity contribution in [3.8, 4) is 5.75 Å². The second kappa shape index (κ2) is 8.62. The number of nitrogens with one attached hydrogen (secondary N) is 1. The predicted molar refractivity (Wildman–Crippen MR) is 108 cm³/mol. The fourth-order valence-corrected chi connectivity index (χ4v) is 3.75. The van der Waals surface area contributed by atoms with Crippen LogP contribution in [0.2, 0.25) is 0 Å². The third kappa shape index (κ3) is 4.61. The first kappa shape index (κ1) is 18.8. The summed E-state index contributed by atoms with van der Waals surface area (Å²) in [6.45, 7) is 4.96. The van der Waals surface area contributed by atoms with Gasteiger partial charge in [0.1, 0.15) is 5.75 Å². The highest BCUT2D eigenvalue weighted by atomic mass is 16.5. The number of benzene rings is 1. The number of hydrogen-bond acceptors (Lipinski definition) is 4. The van der Waals surface area contributed by atoms with Crippen LogP contribution in [0.15, 0.2) is 29.3 Å². The van der Waals surface area contributed by atoms with Gasteiger partial charge in [-0.25, -0.2) is 0 Å². The van der Waals surface area contributed by atoms with Gasteiger partial charge in [-0.05, 0) is 57.1 Å². The normalized spacial score (nSPS) is 19.7. The van der Waals surface area contributed by atoms with E-state index in [0.29, 0.717) is 6.04 Å². The van der Waals surface area contributed by atoms with Crippen LogP contribution in [0.5, 0.6) is 5.75 Å². The van der Waals surface area contributed by atoms with Crippen molar-refractivity contribution in [2.75, 3.05) is 65.9 Å². The molecule has 1 heterocycles. The second-order valence-electron chi connectivity index (χ2n) is 7.47. The van der Waals surface area contributed by atoms with E-state index in [4.69, 9.17) is 4.74 Å². The molecule has 2 fully saturated rings. The van der Waals surface area contributed by atoms with Crippen molar-refractivity contribution in [2.45, 2.75) is 18.9 Å². The molecule has 0 aromatic heterocycles. The molecule has 3 rings (SSSR count). The Bertz CT molecular complexity index is 587. The lowest BCUT2D eigenvalue weighted by Crippen LogP contribution is -2.54. The van der Waals surface area contributed by atoms with Crippen LogP contribution in [0.25, 0.3) is 0 Å². The molecule has 6 nitrogen and oxygen atoms in total. The van der Waals surface area contributed by atoms with Crippen LogP contribution in [-0.4, -0.2) is 82.8 Å². The lowest BCUT2D eigenvalue weighted by molar-refractivity contribution is 0.260.